The van der Waals surface area contributed by atoms with Gasteiger partial charge in [0, 0.05) is 6.54 Å². The predicted molar refractivity (Wildman–Crippen MR) is 214 cm³/mol. The zero-order chi connectivity index (χ0) is 37.7. The monoisotopic (exact) mass is 747 g/mol. The Bertz CT molecular complexity index is 832. The van der Waals surface area contributed by atoms with E-state index in [1.54, 1.807) is 0 Å². The summed E-state index contributed by atoms with van der Waals surface area (Å²) in [4.78, 5) is 22.7. The van der Waals surface area contributed by atoms with Crippen molar-refractivity contribution in [2.45, 2.75) is 225 Å². The smallest absolute Gasteiger partial charge is 0.393 e. The molecule has 9 nitrogen and oxygen atoms in total. The van der Waals surface area contributed by atoms with Gasteiger partial charge in [0.2, 0.25) is 5.91 Å². The lowest BCUT2D eigenvalue weighted by Gasteiger charge is -2.25. The second-order valence-electron chi connectivity index (χ2n) is 14.7. The molecule has 51 heavy (non-hydrogen) atoms. The van der Waals surface area contributed by atoms with Crippen LogP contribution >= 0.6 is 7.82 Å². The van der Waals surface area contributed by atoms with Crippen LogP contribution in [0.4, 0.5) is 0 Å². The van der Waals surface area contributed by atoms with Crippen molar-refractivity contribution < 1.29 is 33.5 Å². The minimum atomic E-state index is -4.37. The van der Waals surface area contributed by atoms with Crippen molar-refractivity contribution in [1.82, 2.24) is 5.32 Å². The number of nitrogens with two attached hydrogens (primary N) is 1. The first kappa shape index (κ1) is 50.2. The molecule has 0 aliphatic carbocycles. The molecule has 0 rings (SSSR count). The van der Waals surface area contributed by atoms with Crippen LogP contribution in [0.25, 0.3) is 0 Å². The number of allylic oxidation sites excluding steroid dienone is 2. The molecule has 0 bridgehead atoms. The van der Waals surface area contributed by atoms with Crippen LogP contribution in [0, 0.1) is 0 Å². The lowest BCUT2D eigenvalue weighted by molar-refractivity contribution is -0.125. The van der Waals surface area contributed by atoms with Gasteiger partial charge in [0.25, 0.3) is 0 Å². The van der Waals surface area contributed by atoms with E-state index in [0.717, 1.165) is 38.5 Å². The van der Waals surface area contributed by atoms with E-state index in [1.807, 2.05) is 0 Å². The van der Waals surface area contributed by atoms with Gasteiger partial charge in [0.1, 0.15) is 0 Å². The first-order valence-corrected chi connectivity index (χ1v) is 22.9. The fourth-order valence-corrected chi connectivity index (χ4v) is 7.18. The van der Waals surface area contributed by atoms with Gasteiger partial charge in [-0.05, 0) is 38.5 Å². The predicted octanol–water partition coefficient (Wildman–Crippen LogP) is 10.6. The Morgan fingerprint density at radius 2 is 1.08 bits per heavy atom. The van der Waals surface area contributed by atoms with Gasteiger partial charge >= 0.3 is 7.82 Å². The van der Waals surface area contributed by atoms with E-state index in [2.05, 4.69) is 31.3 Å². The van der Waals surface area contributed by atoms with Gasteiger partial charge in [-0.15, -0.1) is 0 Å². The van der Waals surface area contributed by atoms with Crippen molar-refractivity contribution in [3.05, 3.63) is 12.2 Å². The Balaban J connectivity index is 4.28. The van der Waals surface area contributed by atoms with Gasteiger partial charge in [-0.1, -0.05) is 174 Å². The zero-order valence-corrected chi connectivity index (χ0v) is 34.1. The topological polar surface area (TPSA) is 151 Å². The standard InChI is InChI=1S/C41H83N2O7P/c1-3-5-7-9-11-13-15-16-17-18-19-20-21-23-25-27-29-31-33-40(45)39(37-50-51(47,48)49-35-34-42)43-41(46)36-38(44)32-30-28-26-24-22-14-12-10-8-6-4-2/h24,26,38-40,44-45H,3-23,25,27-37,42H2,1-2H3,(H,43,46)(H,47,48)/b26-24-. The second-order valence-corrected chi connectivity index (χ2v) is 16.2. The van der Waals surface area contributed by atoms with Gasteiger partial charge in [-0.3, -0.25) is 13.8 Å². The summed E-state index contributed by atoms with van der Waals surface area (Å²) in [6.45, 7) is 4.02. The van der Waals surface area contributed by atoms with Crippen molar-refractivity contribution in [2.24, 2.45) is 5.73 Å². The third-order valence-corrected chi connectivity index (χ3v) is 10.7. The summed E-state index contributed by atoms with van der Waals surface area (Å²) in [5.74, 6) is -0.429. The third kappa shape index (κ3) is 36.0. The Hall–Kier alpha value is -0.800. The number of phosphoric ester groups is 1. The molecule has 0 aliphatic heterocycles. The van der Waals surface area contributed by atoms with Crippen LogP contribution in [-0.4, -0.2) is 59.0 Å². The van der Waals surface area contributed by atoms with E-state index >= 15 is 0 Å². The van der Waals surface area contributed by atoms with E-state index in [9.17, 15) is 24.5 Å². The molecule has 0 fully saturated rings. The molecule has 0 saturated heterocycles. The van der Waals surface area contributed by atoms with Crippen molar-refractivity contribution >= 4 is 13.7 Å². The van der Waals surface area contributed by atoms with Gasteiger partial charge in [-0.25, -0.2) is 4.57 Å². The van der Waals surface area contributed by atoms with Crippen molar-refractivity contribution in [1.29, 1.82) is 0 Å². The molecule has 304 valence electrons. The SMILES string of the molecule is CCCCCCCC/C=C\CCCC(O)CC(=O)NC(COP(=O)(O)OCCN)C(O)CCCCCCCCCCCCCCCCCCCC. The summed E-state index contributed by atoms with van der Waals surface area (Å²) in [6.07, 6.45) is 36.9. The minimum Gasteiger partial charge on any atom is -0.393 e. The fourth-order valence-electron chi connectivity index (χ4n) is 6.42. The molecule has 0 aromatic rings. The number of hydrogen-bond acceptors (Lipinski definition) is 7. The summed E-state index contributed by atoms with van der Waals surface area (Å²) in [6, 6.07) is -0.901. The van der Waals surface area contributed by atoms with Crippen LogP contribution in [-0.2, 0) is 18.4 Å². The number of amides is 1. The third-order valence-electron chi connectivity index (χ3n) is 9.67. The van der Waals surface area contributed by atoms with Crippen LogP contribution in [0.1, 0.15) is 206 Å². The number of nitrogens with one attached hydrogen (secondary N) is 1. The Kier molecular flexibility index (Phi) is 36.9. The van der Waals surface area contributed by atoms with Crippen LogP contribution in [0.15, 0.2) is 12.2 Å². The first-order valence-electron chi connectivity index (χ1n) is 21.4. The maximum absolute atomic E-state index is 12.8. The highest BCUT2D eigenvalue weighted by Crippen LogP contribution is 2.43. The number of hydrogen-bond donors (Lipinski definition) is 5. The molecule has 4 unspecified atom stereocenters. The number of rotatable bonds is 40. The molecule has 0 radical (unpaired) electrons. The van der Waals surface area contributed by atoms with E-state index in [1.165, 1.54) is 135 Å². The normalized spacial score (nSPS) is 14.9. The van der Waals surface area contributed by atoms with E-state index in [0.29, 0.717) is 12.8 Å². The number of phosphoric acid groups is 1. The lowest BCUT2D eigenvalue weighted by atomic mass is 10.0. The zero-order valence-electron chi connectivity index (χ0n) is 33.2. The van der Waals surface area contributed by atoms with Crippen molar-refractivity contribution in [3.63, 3.8) is 0 Å². The number of unbranched alkanes of at least 4 members (excludes halogenated alkanes) is 24. The van der Waals surface area contributed by atoms with Gasteiger partial charge in [0.15, 0.2) is 0 Å². The molecule has 0 aromatic heterocycles. The Morgan fingerprint density at radius 1 is 0.647 bits per heavy atom. The van der Waals surface area contributed by atoms with Crippen LogP contribution < -0.4 is 11.1 Å². The molecule has 1 amide bonds. The van der Waals surface area contributed by atoms with Crippen LogP contribution in [0.5, 0.6) is 0 Å². The second kappa shape index (κ2) is 37.5. The van der Waals surface area contributed by atoms with Crippen LogP contribution in [0.3, 0.4) is 0 Å². The maximum Gasteiger partial charge on any atom is 0.472 e. The number of carbonyl (C=O) groups excluding carboxylic acids is 1. The van der Waals surface area contributed by atoms with Gasteiger partial charge < -0.3 is 26.2 Å². The molecular weight excluding hydrogens is 663 g/mol. The van der Waals surface area contributed by atoms with Crippen molar-refractivity contribution in [2.75, 3.05) is 19.8 Å². The van der Waals surface area contributed by atoms with E-state index in [4.69, 9.17) is 14.8 Å². The van der Waals surface area contributed by atoms with Gasteiger partial charge in [0.05, 0.1) is 37.9 Å². The minimum absolute atomic E-state index is 0.0584. The average Bonchev–Trinajstić information content (AvgIpc) is 3.10. The highest BCUT2D eigenvalue weighted by Gasteiger charge is 2.28. The molecule has 6 N–H and O–H groups in total. The summed E-state index contributed by atoms with van der Waals surface area (Å²) in [5, 5.41) is 24.1. The molecule has 0 spiro atoms. The highest BCUT2D eigenvalue weighted by molar-refractivity contribution is 7.47. The summed E-state index contributed by atoms with van der Waals surface area (Å²) in [7, 11) is -4.37. The number of aliphatic hydroxyl groups is 2. The molecule has 4 atom stereocenters. The summed E-state index contributed by atoms with van der Waals surface area (Å²) < 4.78 is 22.1. The van der Waals surface area contributed by atoms with Gasteiger partial charge in [-0.2, -0.15) is 0 Å². The quantitative estimate of drug-likeness (QED) is 0.0236. The lowest BCUT2D eigenvalue weighted by Crippen LogP contribution is -2.47. The van der Waals surface area contributed by atoms with E-state index in [-0.39, 0.29) is 26.2 Å². The summed E-state index contributed by atoms with van der Waals surface area (Å²) in [5.41, 5.74) is 5.36. The van der Waals surface area contributed by atoms with E-state index < -0.39 is 32.0 Å². The molecule has 0 aromatic carbocycles. The molecular formula is C41H83N2O7P. The van der Waals surface area contributed by atoms with Crippen LogP contribution in [0.2, 0.25) is 0 Å². The Labute approximate surface area is 314 Å². The molecule has 0 heterocycles. The Morgan fingerprint density at radius 3 is 1.55 bits per heavy atom. The molecule has 10 heteroatoms. The van der Waals surface area contributed by atoms with Crippen molar-refractivity contribution in [3.8, 4) is 0 Å². The maximum atomic E-state index is 12.8. The number of aliphatic hydroxyl groups excluding tert-OH is 2. The summed E-state index contributed by atoms with van der Waals surface area (Å²) >= 11 is 0. The largest absolute Gasteiger partial charge is 0.472 e. The fraction of sp³-hybridized carbons (Fsp3) is 0.927. The number of carbonyl (C=O) groups is 1. The molecule has 0 saturated carbocycles. The highest BCUT2D eigenvalue weighted by atomic mass is 31.2. The molecule has 0 aliphatic rings. The first-order chi connectivity index (χ1) is 24.8. The average molecular weight is 747 g/mol.